The number of benzene rings is 1. The van der Waals surface area contributed by atoms with Crippen molar-refractivity contribution in [2.75, 3.05) is 18.1 Å². The first kappa shape index (κ1) is 20.2. The van der Waals surface area contributed by atoms with Gasteiger partial charge < -0.3 is 14.8 Å². The van der Waals surface area contributed by atoms with Crippen molar-refractivity contribution in [3.8, 4) is 5.75 Å². The van der Waals surface area contributed by atoms with Crippen molar-refractivity contribution >= 4 is 21.7 Å². The summed E-state index contributed by atoms with van der Waals surface area (Å²) in [5.74, 6) is -0.556. The maximum absolute atomic E-state index is 12.0. The smallest absolute Gasteiger partial charge is 0.344 e. The molecule has 0 spiro atoms. The number of aryl methyl sites for hydroxylation is 3. The number of sulfone groups is 1. The highest BCUT2D eigenvalue weighted by Gasteiger charge is 2.30. The predicted octanol–water partition coefficient (Wildman–Crippen LogP) is 1.23. The third kappa shape index (κ3) is 5.45. The molecule has 144 valence electrons. The van der Waals surface area contributed by atoms with Crippen LogP contribution in [-0.4, -0.2) is 50.6 Å². The number of amides is 1. The Morgan fingerprint density at radius 2 is 1.85 bits per heavy atom. The zero-order valence-electron chi connectivity index (χ0n) is 15.5. The zero-order valence-corrected chi connectivity index (χ0v) is 16.3. The third-order valence-corrected chi connectivity index (χ3v) is 5.96. The van der Waals surface area contributed by atoms with E-state index in [2.05, 4.69) is 5.32 Å². The van der Waals surface area contributed by atoms with Crippen LogP contribution in [0.1, 0.15) is 30.0 Å². The van der Waals surface area contributed by atoms with Gasteiger partial charge in [0.1, 0.15) is 5.75 Å². The average Bonchev–Trinajstić information content (AvgIpc) is 2.84. The minimum atomic E-state index is -3.08. The van der Waals surface area contributed by atoms with E-state index in [1.54, 1.807) is 0 Å². The molecule has 0 unspecified atom stereocenters. The highest BCUT2D eigenvalue weighted by atomic mass is 32.2. The van der Waals surface area contributed by atoms with Crippen molar-refractivity contribution < 1.29 is 27.5 Å². The molecular weight excluding hydrogens is 358 g/mol. The maximum Gasteiger partial charge on any atom is 0.344 e. The van der Waals surface area contributed by atoms with Crippen molar-refractivity contribution in [2.24, 2.45) is 0 Å². The number of carbonyl (C=O) groups is 2. The summed E-state index contributed by atoms with van der Waals surface area (Å²) in [6.07, 6.45) is -0.640. The van der Waals surface area contributed by atoms with E-state index in [-0.39, 0.29) is 18.1 Å². The molecule has 1 aliphatic heterocycles. The van der Waals surface area contributed by atoms with Crippen LogP contribution in [0.5, 0.6) is 5.75 Å². The fourth-order valence-corrected chi connectivity index (χ4v) is 4.71. The van der Waals surface area contributed by atoms with E-state index in [9.17, 15) is 18.0 Å². The monoisotopic (exact) mass is 383 g/mol. The molecule has 0 aliphatic carbocycles. The van der Waals surface area contributed by atoms with E-state index in [0.717, 1.165) is 16.7 Å². The van der Waals surface area contributed by atoms with E-state index >= 15 is 0 Å². The van der Waals surface area contributed by atoms with Gasteiger partial charge in [-0.25, -0.2) is 13.2 Å². The summed E-state index contributed by atoms with van der Waals surface area (Å²) in [7, 11) is -3.08. The first-order valence-corrected chi connectivity index (χ1v) is 10.3. The molecule has 8 heteroatoms. The molecule has 2 rings (SSSR count). The van der Waals surface area contributed by atoms with Crippen LogP contribution in [-0.2, 0) is 24.2 Å². The van der Waals surface area contributed by atoms with E-state index in [4.69, 9.17) is 9.47 Å². The summed E-state index contributed by atoms with van der Waals surface area (Å²) in [5, 5.41) is 2.60. The van der Waals surface area contributed by atoms with Gasteiger partial charge in [0.2, 0.25) is 0 Å². The third-order valence-electron chi connectivity index (χ3n) is 4.20. The summed E-state index contributed by atoms with van der Waals surface area (Å²) in [5.41, 5.74) is 2.95. The second-order valence-corrected chi connectivity index (χ2v) is 8.99. The van der Waals surface area contributed by atoms with Crippen molar-refractivity contribution in [3.63, 3.8) is 0 Å². The van der Waals surface area contributed by atoms with Crippen molar-refractivity contribution in [3.05, 3.63) is 28.8 Å². The van der Waals surface area contributed by atoms with Crippen molar-refractivity contribution in [2.45, 2.75) is 46.3 Å². The molecule has 1 aliphatic rings. The van der Waals surface area contributed by atoms with Gasteiger partial charge in [-0.2, -0.15) is 0 Å². The summed E-state index contributed by atoms with van der Waals surface area (Å²) >= 11 is 0. The SMILES string of the molecule is Cc1cc(C)c(OCC(=O)O[C@H](C)C(=O)N[C@@H]2CCS(=O)(=O)C2)c(C)c1. The first-order valence-electron chi connectivity index (χ1n) is 8.48. The van der Waals surface area contributed by atoms with Gasteiger partial charge in [0, 0.05) is 6.04 Å². The molecular formula is C18H25NO6S. The van der Waals surface area contributed by atoms with Crippen LogP contribution in [0.3, 0.4) is 0 Å². The van der Waals surface area contributed by atoms with Gasteiger partial charge in [0.15, 0.2) is 22.5 Å². The zero-order chi connectivity index (χ0) is 19.5. The normalized spacial score (nSPS) is 19.6. The molecule has 0 aromatic heterocycles. The lowest BCUT2D eigenvalue weighted by Crippen LogP contribution is -2.43. The lowest BCUT2D eigenvalue weighted by molar-refractivity contribution is -0.156. The lowest BCUT2D eigenvalue weighted by atomic mass is 10.1. The molecule has 2 atom stereocenters. The van der Waals surface area contributed by atoms with Gasteiger partial charge in [0.25, 0.3) is 5.91 Å². The summed E-state index contributed by atoms with van der Waals surface area (Å²) < 4.78 is 33.4. The number of hydrogen-bond acceptors (Lipinski definition) is 6. The van der Waals surface area contributed by atoms with E-state index < -0.39 is 33.9 Å². The highest BCUT2D eigenvalue weighted by Crippen LogP contribution is 2.24. The topological polar surface area (TPSA) is 98.8 Å². The quantitative estimate of drug-likeness (QED) is 0.742. The number of esters is 1. The van der Waals surface area contributed by atoms with E-state index in [0.29, 0.717) is 12.2 Å². The van der Waals surface area contributed by atoms with Gasteiger partial charge in [-0.1, -0.05) is 17.7 Å². The van der Waals surface area contributed by atoms with Crippen LogP contribution in [0.4, 0.5) is 0 Å². The largest absolute Gasteiger partial charge is 0.481 e. The van der Waals surface area contributed by atoms with Gasteiger partial charge in [-0.15, -0.1) is 0 Å². The molecule has 1 N–H and O–H groups in total. The summed E-state index contributed by atoms with van der Waals surface area (Å²) in [6.45, 7) is 6.91. The Morgan fingerprint density at radius 1 is 1.23 bits per heavy atom. The summed E-state index contributed by atoms with van der Waals surface area (Å²) in [4.78, 5) is 24.0. The van der Waals surface area contributed by atoms with Crippen LogP contribution in [0.15, 0.2) is 12.1 Å². The van der Waals surface area contributed by atoms with Crippen LogP contribution in [0, 0.1) is 20.8 Å². The van der Waals surface area contributed by atoms with Crippen molar-refractivity contribution in [1.29, 1.82) is 0 Å². The Bertz CT molecular complexity index is 779. The molecule has 1 amide bonds. The number of ether oxygens (including phenoxy) is 2. The Morgan fingerprint density at radius 3 is 2.38 bits per heavy atom. The molecule has 7 nitrogen and oxygen atoms in total. The fourth-order valence-electron chi connectivity index (χ4n) is 3.04. The predicted molar refractivity (Wildman–Crippen MR) is 96.9 cm³/mol. The van der Waals surface area contributed by atoms with Gasteiger partial charge in [0.05, 0.1) is 11.5 Å². The van der Waals surface area contributed by atoms with Gasteiger partial charge >= 0.3 is 5.97 Å². The highest BCUT2D eigenvalue weighted by molar-refractivity contribution is 7.91. The Kier molecular flexibility index (Phi) is 6.28. The average molecular weight is 383 g/mol. The molecule has 0 bridgehead atoms. The molecule has 0 radical (unpaired) electrons. The standard InChI is InChI=1S/C18H25NO6S/c1-11-7-12(2)17(13(3)8-11)24-9-16(20)25-14(4)18(21)19-15-5-6-26(22,23)10-15/h7-8,14-15H,5-6,9-10H2,1-4H3,(H,19,21)/t14-,15-/m1/s1. The second kappa shape index (κ2) is 8.07. The minimum Gasteiger partial charge on any atom is -0.481 e. The molecule has 26 heavy (non-hydrogen) atoms. The number of rotatable bonds is 6. The second-order valence-electron chi connectivity index (χ2n) is 6.76. The molecule has 1 aromatic rings. The maximum atomic E-state index is 12.0. The Labute approximate surface area is 154 Å². The van der Waals surface area contributed by atoms with Gasteiger partial charge in [-0.05, 0) is 45.2 Å². The molecule has 1 heterocycles. The fraction of sp³-hybridized carbons (Fsp3) is 0.556. The Balaban J connectivity index is 1.83. The molecule has 1 saturated heterocycles. The Hall–Kier alpha value is -2.09. The number of carbonyl (C=O) groups excluding carboxylic acids is 2. The molecule has 1 fully saturated rings. The number of nitrogens with one attached hydrogen (secondary N) is 1. The van der Waals surface area contributed by atoms with Crippen molar-refractivity contribution in [1.82, 2.24) is 5.32 Å². The first-order chi connectivity index (χ1) is 12.1. The van der Waals surface area contributed by atoms with E-state index in [1.165, 1.54) is 6.92 Å². The van der Waals surface area contributed by atoms with Gasteiger partial charge in [-0.3, -0.25) is 4.79 Å². The summed E-state index contributed by atoms with van der Waals surface area (Å²) in [6, 6.07) is 3.49. The minimum absolute atomic E-state index is 0.0647. The molecule has 0 saturated carbocycles. The van der Waals surface area contributed by atoms with Crippen LogP contribution >= 0.6 is 0 Å². The molecule has 1 aromatic carbocycles. The lowest BCUT2D eigenvalue weighted by Gasteiger charge is -2.17. The van der Waals surface area contributed by atoms with Crippen LogP contribution in [0.2, 0.25) is 0 Å². The van der Waals surface area contributed by atoms with Crippen LogP contribution < -0.4 is 10.1 Å². The number of hydrogen-bond donors (Lipinski definition) is 1. The van der Waals surface area contributed by atoms with E-state index in [1.807, 2.05) is 32.9 Å². The van der Waals surface area contributed by atoms with Crippen LogP contribution in [0.25, 0.3) is 0 Å².